The average Bonchev–Trinajstić information content (AvgIpc) is 3.23. The first-order valence-electron chi connectivity index (χ1n) is 9.90. The third-order valence-electron chi connectivity index (χ3n) is 5.45. The van der Waals surface area contributed by atoms with Crippen molar-refractivity contribution in [3.63, 3.8) is 0 Å². The number of carbonyl (C=O) groups excluding carboxylic acids is 2. The normalized spacial score (nSPS) is 15.2. The summed E-state index contributed by atoms with van der Waals surface area (Å²) >= 11 is 0. The van der Waals surface area contributed by atoms with Crippen molar-refractivity contribution in [2.45, 2.75) is 37.5 Å². The number of ether oxygens (including phenoxy) is 1. The van der Waals surface area contributed by atoms with Crippen LogP contribution in [-0.2, 0) is 14.9 Å². The lowest BCUT2D eigenvalue weighted by Crippen LogP contribution is -2.38. The maximum Gasteiger partial charge on any atom is 0.253 e. The topological polar surface area (TPSA) is 67.4 Å². The molecular weight excluding hydrogens is 352 g/mol. The van der Waals surface area contributed by atoms with Crippen LogP contribution in [0.2, 0.25) is 0 Å². The number of anilines is 1. The average molecular weight is 380 g/mol. The Morgan fingerprint density at radius 1 is 1.00 bits per heavy atom. The molecule has 28 heavy (non-hydrogen) atoms. The van der Waals surface area contributed by atoms with E-state index in [-0.39, 0.29) is 11.8 Å². The van der Waals surface area contributed by atoms with Crippen molar-refractivity contribution >= 4 is 17.5 Å². The molecule has 2 aromatic carbocycles. The summed E-state index contributed by atoms with van der Waals surface area (Å²) in [7, 11) is 1.64. The van der Waals surface area contributed by atoms with Gasteiger partial charge in [-0.3, -0.25) is 9.59 Å². The predicted molar refractivity (Wildman–Crippen MR) is 110 cm³/mol. The van der Waals surface area contributed by atoms with Gasteiger partial charge in [0.15, 0.2) is 0 Å². The number of hydrogen-bond donors (Lipinski definition) is 2. The molecule has 0 unspecified atom stereocenters. The van der Waals surface area contributed by atoms with E-state index in [9.17, 15) is 9.59 Å². The largest absolute Gasteiger partial charge is 0.385 e. The van der Waals surface area contributed by atoms with E-state index in [1.165, 1.54) is 0 Å². The summed E-state index contributed by atoms with van der Waals surface area (Å²) < 4.78 is 5.01. The second-order valence-electron chi connectivity index (χ2n) is 7.26. The number of hydrogen-bond acceptors (Lipinski definition) is 3. The van der Waals surface area contributed by atoms with E-state index in [0.29, 0.717) is 24.4 Å². The van der Waals surface area contributed by atoms with E-state index in [1.807, 2.05) is 42.5 Å². The molecule has 0 radical (unpaired) electrons. The second kappa shape index (κ2) is 9.51. The lowest BCUT2D eigenvalue weighted by atomic mass is 9.78. The summed E-state index contributed by atoms with van der Waals surface area (Å²) in [6.07, 6.45) is 4.46. The zero-order chi connectivity index (χ0) is 19.8. The highest BCUT2D eigenvalue weighted by Crippen LogP contribution is 2.42. The van der Waals surface area contributed by atoms with Crippen LogP contribution in [0.25, 0.3) is 0 Å². The molecule has 0 saturated heterocycles. The van der Waals surface area contributed by atoms with Crippen LogP contribution >= 0.6 is 0 Å². The summed E-state index contributed by atoms with van der Waals surface area (Å²) in [6, 6.07) is 17.1. The highest BCUT2D eigenvalue weighted by atomic mass is 16.5. The molecular formula is C23H28N2O3. The van der Waals surface area contributed by atoms with Gasteiger partial charge in [-0.25, -0.2) is 0 Å². The Kier molecular flexibility index (Phi) is 6.82. The van der Waals surface area contributed by atoms with Gasteiger partial charge in [-0.1, -0.05) is 55.3 Å². The number of nitrogens with one attached hydrogen (secondary N) is 2. The van der Waals surface area contributed by atoms with Crippen molar-refractivity contribution in [1.82, 2.24) is 5.32 Å². The van der Waals surface area contributed by atoms with E-state index in [0.717, 1.165) is 37.7 Å². The van der Waals surface area contributed by atoms with E-state index in [4.69, 9.17) is 4.74 Å². The van der Waals surface area contributed by atoms with E-state index >= 15 is 0 Å². The molecule has 5 heteroatoms. The van der Waals surface area contributed by atoms with Crippen molar-refractivity contribution < 1.29 is 14.3 Å². The highest BCUT2D eigenvalue weighted by molar-refractivity contribution is 6.06. The number of amides is 2. The number of carbonyl (C=O) groups is 2. The molecule has 0 bridgehead atoms. The van der Waals surface area contributed by atoms with Crippen LogP contribution in [0.15, 0.2) is 54.6 Å². The fourth-order valence-electron chi connectivity index (χ4n) is 3.93. The minimum Gasteiger partial charge on any atom is -0.385 e. The third kappa shape index (κ3) is 4.42. The maximum atomic E-state index is 13.4. The van der Waals surface area contributed by atoms with Crippen LogP contribution in [0, 0.1) is 0 Å². The van der Waals surface area contributed by atoms with Gasteiger partial charge < -0.3 is 15.4 Å². The van der Waals surface area contributed by atoms with Crippen LogP contribution < -0.4 is 10.6 Å². The zero-order valence-electron chi connectivity index (χ0n) is 16.4. The van der Waals surface area contributed by atoms with Gasteiger partial charge in [-0.2, -0.15) is 0 Å². The van der Waals surface area contributed by atoms with Crippen molar-refractivity contribution in [2.24, 2.45) is 0 Å². The van der Waals surface area contributed by atoms with Gasteiger partial charge in [0.2, 0.25) is 5.91 Å². The maximum absolute atomic E-state index is 13.4. The third-order valence-corrected chi connectivity index (χ3v) is 5.45. The molecule has 148 valence electrons. The first-order valence-corrected chi connectivity index (χ1v) is 9.90. The van der Waals surface area contributed by atoms with E-state index < -0.39 is 5.41 Å². The molecule has 1 aliphatic rings. The summed E-state index contributed by atoms with van der Waals surface area (Å²) in [5.41, 5.74) is 1.56. The SMILES string of the molecule is COCCCNC(=O)c1ccccc1NC(=O)C1(c2ccccc2)CCCC1. The van der Waals surface area contributed by atoms with Crippen LogP contribution in [0.5, 0.6) is 0 Å². The smallest absolute Gasteiger partial charge is 0.253 e. The standard InChI is InChI=1S/C23H28N2O3/c1-28-17-9-16-24-21(26)19-12-5-6-13-20(19)25-22(27)23(14-7-8-15-23)18-10-3-2-4-11-18/h2-6,10-13H,7-9,14-17H2,1H3,(H,24,26)(H,25,27). The minimum atomic E-state index is -0.524. The summed E-state index contributed by atoms with van der Waals surface area (Å²) in [6.45, 7) is 1.13. The van der Waals surface area contributed by atoms with Crippen molar-refractivity contribution in [3.05, 3.63) is 65.7 Å². The number of para-hydroxylation sites is 1. The first kappa shape index (κ1) is 20.1. The van der Waals surface area contributed by atoms with Gasteiger partial charge in [0, 0.05) is 20.3 Å². The second-order valence-corrected chi connectivity index (χ2v) is 7.26. The molecule has 5 nitrogen and oxygen atoms in total. The molecule has 1 aliphatic carbocycles. The van der Waals surface area contributed by atoms with Gasteiger partial charge in [-0.05, 0) is 37.0 Å². The number of methoxy groups -OCH3 is 1. The fourth-order valence-corrected chi connectivity index (χ4v) is 3.93. The molecule has 2 N–H and O–H groups in total. The van der Waals surface area contributed by atoms with Crippen LogP contribution in [0.4, 0.5) is 5.69 Å². The molecule has 0 heterocycles. The Balaban J connectivity index is 1.77. The zero-order valence-corrected chi connectivity index (χ0v) is 16.4. The fraction of sp³-hybridized carbons (Fsp3) is 0.391. The lowest BCUT2D eigenvalue weighted by molar-refractivity contribution is -0.121. The van der Waals surface area contributed by atoms with Crippen LogP contribution in [0.1, 0.15) is 48.0 Å². The van der Waals surface area contributed by atoms with Gasteiger partial charge in [0.25, 0.3) is 5.91 Å². The Hall–Kier alpha value is -2.66. The lowest BCUT2D eigenvalue weighted by Gasteiger charge is -2.28. The highest BCUT2D eigenvalue weighted by Gasteiger charge is 2.42. The minimum absolute atomic E-state index is 0.0316. The van der Waals surface area contributed by atoms with Gasteiger partial charge in [-0.15, -0.1) is 0 Å². The van der Waals surface area contributed by atoms with Crippen LogP contribution in [-0.4, -0.2) is 32.1 Å². The Labute approximate surface area is 166 Å². The molecule has 2 amide bonds. The van der Waals surface area contributed by atoms with Gasteiger partial charge in [0.05, 0.1) is 16.7 Å². The van der Waals surface area contributed by atoms with Crippen molar-refractivity contribution in [1.29, 1.82) is 0 Å². The Morgan fingerprint density at radius 3 is 2.39 bits per heavy atom. The number of rotatable bonds is 8. The predicted octanol–water partition coefficient (Wildman–Crippen LogP) is 3.90. The molecule has 2 aromatic rings. The summed E-state index contributed by atoms with van der Waals surface area (Å²) in [4.78, 5) is 25.9. The summed E-state index contributed by atoms with van der Waals surface area (Å²) in [5.74, 6) is -0.219. The molecule has 1 saturated carbocycles. The monoisotopic (exact) mass is 380 g/mol. The first-order chi connectivity index (χ1) is 13.7. The molecule has 3 rings (SSSR count). The Morgan fingerprint density at radius 2 is 1.68 bits per heavy atom. The van der Waals surface area contributed by atoms with Crippen molar-refractivity contribution in [2.75, 3.05) is 25.6 Å². The quantitative estimate of drug-likeness (QED) is 0.683. The van der Waals surface area contributed by atoms with Gasteiger partial charge >= 0.3 is 0 Å². The molecule has 0 aromatic heterocycles. The number of benzene rings is 2. The van der Waals surface area contributed by atoms with Gasteiger partial charge in [0.1, 0.15) is 0 Å². The Bertz CT molecular complexity index is 799. The molecule has 1 fully saturated rings. The van der Waals surface area contributed by atoms with Crippen LogP contribution in [0.3, 0.4) is 0 Å². The van der Waals surface area contributed by atoms with E-state index in [2.05, 4.69) is 10.6 Å². The summed E-state index contributed by atoms with van der Waals surface area (Å²) in [5, 5.41) is 5.94. The van der Waals surface area contributed by atoms with Crippen molar-refractivity contribution in [3.8, 4) is 0 Å². The van der Waals surface area contributed by atoms with E-state index in [1.54, 1.807) is 19.2 Å². The molecule has 0 atom stereocenters. The molecule has 0 spiro atoms. The molecule has 0 aliphatic heterocycles.